The summed E-state index contributed by atoms with van der Waals surface area (Å²) in [6.45, 7) is 0. The Hall–Kier alpha value is -0.440. The molecule has 0 atom stereocenters. The Morgan fingerprint density at radius 1 is 1.00 bits per heavy atom. The van der Waals surface area contributed by atoms with Crippen molar-refractivity contribution in [2.24, 2.45) is 5.41 Å². The van der Waals surface area contributed by atoms with Crippen LogP contribution in [0.4, 0.5) is 0 Å². The van der Waals surface area contributed by atoms with E-state index >= 15 is 0 Å². The molecule has 0 aromatic carbocycles. The first-order chi connectivity index (χ1) is 4.41. The Kier molecular flexibility index (Phi) is 1.05. The van der Waals surface area contributed by atoms with Gasteiger partial charge in [-0.15, -0.1) is 5.92 Å². The second-order valence-electron chi connectivity index (χ2n) is 3.29. The molecule has 0 radical (unpaired) electrons. The van der Waals surface area contributed by atoms with E-state index in [9.17, 15) is 0 Å². The van der Waals surface area contributed by atoms with Crippen molar-refractivity contribution in [1.82, 2.24) is 0 Å². The lowest BCUT2D eigenvalue weighted by Crippen LogP contribution is -1.92. The van der Waals surface area contributed by atoms with Gasteiger partial charge in [-0.1, -0.05) is 12.3 Å². The summed E-state index contributed by atoms with van der Waals surface area (Å²) in [5.41, 5.74) is 0.552. The predicted molar refractivity (Wildman–Crippen MR) is 37.9 cm³/mol. The molecular weight excluding hydrogens is 108 g/mol. The minimum Gasteiger partial charge on any atom is -0.103 e. The fourth-order valence-electron chi connectivity index (χ4n) is 1.52. The molecule has 0 unspecified atom stereocenters. The van der Waals surface area contributed by atoms with Crippen LogP contribution in [0.2, 0.25) is 0 Å². The van der Waals surface area contributed by atoms with Gasteiger partial charge in [-0.3, -0.25) is 0 Å². The molecule has 0 N–H and O–H groups in total. The molecule has 2 rings (SSSR count). The maximum atomic E-state index is 3.38. The molecule has 1 fully saturated rings. The van der Waals surface area contributed by atoms with Crippen LogP contribution < -0.4 is 0 Å². The summed E-state index contributed by atoms with van der Waals surface area (Å²) in [6, 6.07) is 0. The topological polar surface area (TPSA) is 0 Å². The van der Waals surface area contributed by atoms with E-state index < -0.39 is 0 Å². The lowest BCUT2D eigenvalue weighted by molar-refractivity contribution is 0.565. The van der Waals surface area contributed by atoms with Crippen LogP contribution in [-0.4, -0.2) is 0 Å². The number of rotatable bonds is 0. The van der Waals surface area contributed by atoms with E-state index in [2.05, 4.69) is 11.8 Å². The van der Waals surface area contributed by atoms with E-state index in [1.54, 1.807) is 0 Å². The molecule has 0 aromatic heterocycles. The molecule has 0 amide bonds. The normalized spacial score (nSPS) is 28.4. The molecule has 0 heterocycles. The Balaban J connectivity index is 2.10. The van der Waals surface area contributed by atoms with Crippen LogP contribution in [-0.2, 0) is 0 Å². The van der Waals surface area contributed by atoms with Crippen LogP contribution in [0.5, 0.6) is 0 Å². The Morgan fingerprint density at radius 3 is 2.67 bits per heavy atom. The summed E-state index contributed by atoms with van der Waals surface area (Å²) >= 11 is 0. The summed E-state index contributed by atoms with van der Waals surface area (Å²) in [6.07, 6.45) is 8.07. The van der Waals surface area contributed by atoms with Crippen molar-refractivity contribution < 1.29 is 0 Å². The third-order valence-electron chi connectivity index (χ3n) is 2.41. The van der Waals surface area contributed by atoms with Crippen LogP contribution in [0.15, 0.2) is 0 Å². The maximum absolute atomic E-state index is 3.38. The van der Waals surface area contributed by atoms with Crippen molar-refractivity contribution in [3.63, 3.8) is 0 Å². The number of hydrogen-bond acceptors (Lipinski definition) is 0. The first-order valence-electron chi connectivity index (χ1n) is 3.91. The third-order valence-corrected chi connectivity index (χ3v) is 2.41. The van der Waals surface area contributed by atoms with E-state index in [1.807, 2.05) is 0 Å². The van der Waals surface area contributed by atoms with Gasteiger partial charge in [-0.05, 0) is 25.7 Å². The summed E-state index contributed by atoms with van der Waals surface area (Å²) in [7, 11) is 0. The van der Waals surface area contributed by atoms with Crippen LogP contribution >= 0.6 is 0 Å². The van der Waals surface area contributed by atoms with Crippen molar-refractivity contribution in [3.8, 4) is 11.8 Å². The molecule has 2 aliphatic carbocycles. The largest absolute Gasteiger partial charge is 0.103 e. The van der Waals surface area contributed by atoms with Gasteiger partial charge in [0.05, 0.1) is 0 Å². The fourth-order valence-corrected chi connectivity index (χ4v) is 1.52. The van der Waals surface area contributed by atoms with E-state index in [0.29, 0.717) is 5.41 Å². The zero-order chi connectivity index (χ0) is 6.16. The second kappa shape index (κ2) is 1.77. The van der Waals surface area contributed by atoms with Gasteiger partial charge < -0.3 is 0 Å². The smallest absolute Gasteiger partial charge is 0.0315 e. The Morgan fingerprint density at radius 2 is 1.89 bits per heavy atom. The molecule has 0 aromatic rings. The highest BCUT2D eigenvalue weighted by Gasteiger charge is 2.40. The highest BCUT2D eigenvalue weighted by molar-refractivity contribution is 5.20. The average Bonchev–Trinajstić information content (AvgIpc) is 2.64. The first-order valence-corrected chi connectivity index (χ1v) is 3.91. The van der Waals surface area contributed by atoms with Crippen molar-refractivity contribution in [2.75, 3.05) is 0 Å². The van der Waals surface area contributed by atoms with Crippen LogP contribution in [0.25, 0.3) is 0 Å². The van der Waals surface area contributed by atoms with Gasteiger partial charge in [0, 0.05) is 11.8 Å². The minimum absolute atomic E-state index is 0.552. The SMILES string of the molecule is C1#CC2(CCCC1)CC2. The highest BCUT2D eigenvalue weighted by atomic mass is 14.4. The molecule has 9 heavy (non-hydrogen) atoms. The standard InChI is InChI=1S/C9H12/c1-2-4-6-9(5-3-1)7-8-9/h1-3,5,7-8H2. The fraction of sp³-hybridized carbons (Fsp3) is 0.778. The lowest BCUT2D eigenvalue weighted by atomic mass is 10.0. The molecule has 1 saturated carbocycles. The van der Waals surface area contributed by atoms with Gasteiger partial charge in [-0.2, -0.15) is 0 Å². The van der Waals surface area contributed by atoms with Gasteiger partial charge in [0.1, 0.15) is 0 Å². The Bertz CT molecular complexity index is 164. The molecule has 2 aliphatic rings. The summed E-state index contributed by atoms with van der Waals surface area (Å²) in [5.74, 6) is 6.63. The van der Waals surface area contributed by atoms with Gasteiger partial charge in [-0.25, -0.2) is 0 Å². The van der Waals surface area contributed by atoms with E-state index in [-0.39, 0.29) is 0 Å². The first kappa shape index (κ1) is 5.35. The zero-order valence-corrected chi connectivity index (χ0v) is 5.74. The van der Waals surface area contributed by atoms with E-state index in [1.165, 1.54) is 32.1 Å². The second-order valence-corrected chi connectivity index (χ2v) is 3.29. The summed E-state index contributed by atoms with van der Waals surface area (Å²) in [5, 5.41) is 0. The maximum Gasteiger partial charge on any atom is 0.0315 e. The summed E-state index contributed by atoms with van der Waals surface area (Å²) < 4.78 is 0. The number of hydrogen-bond donors (Lipinski definition) is 0. The molecule has 0 heteroatoms. The molecule has 48 valence electrons. The molecule has 1 spiro atoms. The molecule has 0 nitrogen and oxygen atoms in total. The molecular formula is C9H12. The van der Waals surface area contributed by atoms with Crippen LogP contribution in [0, 0.1) is 17.3 Å². The van der Waals surface area contributed by atoms with Gasteiger partial charge in [0.2, 0.25) is 0 Å². The van der Waals surface area contributed by atoms with Crippen molar-refractivity contribution >= 4 is 0 Å². The van der Waals surface area contributed by atoms with Crippen molar-refractivity contribution in [1.29, 1.82) is 0 Å². The van der Waals surface area contributed by atoms with Gasteiger partial charge in [0.15, 0.2) is 0 Å². The van der Waals surface area contributed by atoms with E-state index in [0.717, 1.165) is 6.42 Å². The monoisotopic (exact) mass is 120 g/mol. The third kappa shape index (κ3) is 0.965. The highest BCUT2D eigenvalue weighted by Crippen LogP contribution is 2.49. The molecule has 0 aliphatic heterocycles. The quantitative estimate of drug-likeness (QED) is 0.430. The van der Waals surface area contributed by atoms with Gasteiger partial charge >= 0.3 is 0 Å². The lowest BCUT2D eigenvalue weighted by Gasteiger charge is -2.01. The van der Waals surface area contributed by atoms with Crippen LogP contribution in [0.1, 0.15) is 38.5 Å². The van der Waals surface area contributed by atoms with E-state index in [4.69, 9.17) is 0 Å². The van der Waals surface area contributed by atoms with Gasteiger partial charge in [0.25, 0.3) is 0 Å². The Labute approximate surface area is 56.6 Å². The molecule has 0 saturated heterocycles. The minimum atomic E-state index is 0.552. The van der Waals surface area contributed by atoms with Crippen LogP contribution in [0.3, 0.4) is 0 Å². The summed E-state index contributed by atoms with van der Waals surface area (Å²) in [4.78, 5) is 0. The molecule has 0 bridgehead atoms. The predicted octanol–water partition coefficient (Wildman–Crippen LogP) is 2.34. The van der Waals surface area contributed by atoms with Crippen molar-refractivity contribution in [3.05, 3.63) is 0 Å². The average molecular weight is 120 g/mol. The van der Waals surface area contributed by atoms with Crippen molar-refractivity contribution in [2.45, 2.75) is 38.5 Å². The zero-order valence-electron chi connectivity index (χ0n) is 5.74.